The molecule has 0 aliphatic heterocycles. The van der Waals surface area contributed by atoms with Gasteiger partial charge in [-0.05, 0) is 43.5 Å². The normalized spacial score (nSPS) is 14.4. The van der Waals surface area contributed by atoms with Gasteiger partial charge in [0.05, 0.1) is 5.60 Å². The smallest absolute Gasteiger partial charge is 0.251 e. The molecule has 20 heavy (non-hydrogen) atoms. The summed E-state index contributed by atoms with van der Waals surface area (Å²) in [6, 6.07) is 7.45. The van der Waals surface area contributed by atoms with Crippen molar-refractivity contribution in [3.8, 4) is 0 Å². The Labute approximate surface area is 119 Å². The molecule has 1 aromatic heterocycles. The average molecular weight is 274 g/mol. The van der Waals surface area contributed by atoms with Gasteiger partial charge in [-0.3, -0.25) is 4.79 Å². The molecule has 0 radical (unpaired) electrons. The number of rotatable bonds is 5. The molecule has 2 aromatic rings. The van der Waals surface area contributed by atoms with Crippen molar-refractivity contribution in [2.75, 3.05) is 6.54 Å². The summed E-state index contributed by atoms with van der Waals surface area (Å²) in [5, 5.41) is 14.0. The van der Waals surface area contributed by atoms with E-state index >= 15 is 0 Å². The van der Waals surface area contributed by atoms with Gasteiger partial charge in [-0.2, -0.15) is 0 Å². The van der Waals surface area contributed by atoms with Crippen molar-refractivity contribution in [2.45, 2.75) is 32.8 Å². The summed E-state index contributed by atoms with van der Waals surface area (Å²) in [6.45, 7) is 6.12. The maximum absolute atomic E-state index is 12.1. The first kappa shape index (κ1) is 14.6. The SMILES string of the molecule is CC(C)CC(C)(O)CNC(=O)c1ccc2[nH]ccc2c1. The van der Waals surface area contributed by atoms with E-state index in [0.29, 0.717) is 17.9 Å². The first-order chi connectivity index (χ1) is 9.37. The maximum atomic E-state index is 12.1. The molecule has 1 aromatic carbocycles. The van der Waals surface area contributed by atoms with E-state index in [0.717, 1.165) is 10.9 Å². The van der Waals surface area contributed by atoms with Crippen LogP contribution >= 0.6 is 0 Å². The highest BCUT2D eigenvalue weighted by atomic mass is 16.3. The number of carbonyl (C=O) groups excluding carboxylic acids is 1. The minimum atomic E-state index is -0.873. The van der Waals surface area contributed by atoms with Crippen molar-refractivity contribution in [2.24, 2.45) is 5.92 Å². The second-order valence-corrected chi connectivity index (χ2v) is 6.06. The molecule has 0 aliphatic carbocycles. The largest absolute Gasteiger partial charge is 0.388 e. The number of carbonyl (C=O) groups is 1. The molecule has 108 valence electrons. The lowest BCUT2D eigenvalue weighted by Gasteiger charge is -2.25. The summed E-state index contributed by atoms with van der Waals surface area (Å²) >= 11 is 0. The van der Waals surface area contributed by atoms with Crippen LogP contribution in [0.3, 0.4) is 0 Å². The molecule has 0 fully saturated rings. The Bertz CT molecular complexity index is 599. The van der Waals surface area contributed by atoms with Gasteiger partial charge in [-0.15, -0.1) is 0 Å². The fraction of sp³-hybridized carbons (Fsp3) is 0.438. The minimum Gasteiger partial charge on any atom is -0.388 e. The van der Waals surface area contributed by atoms with Crippen molar-refractivity contribution in [3.63, 3.8) is 0 Å². The van der Waals surface area contributed by atoms with Gasteiger partial charge in [0.25, 0.3) is 5.91 Å². The number of fused-ring (bicyclic) bond motifs is 1. The highest BCUT2D eigenvalue weighted by Crippen LogP contribution is 2.16. The average Bonchev–Trinajstić information content (AvgIpc) is 2.81. The predicted octanol–water partition coefficient (Wildman–Crippen LogP) is 2.69. The third kappa shape index (κ3) is 3.61. The third-order valence-electron chi connectivity index (χ3n) is 3.29. The Morgan fingerprint density at radius 3 is 2.85 bits per heavy atom. The number of benzene rings is 1. The van der Waals surface area contributed by atoms with Gasteiger partial charge < -0.3 is 15.4 Å². The zero-order valence-corrected chi connectivity index (χ0v) is 12.2. The third-order valence-corrected chi connectivity index (χ3v) is 3.29. The molecule has 4 nitrogen and oxygen atoms in total. The van der Waals surface area contributed by atoms with Crippen molar-refractivity contribution in [3.05, 3.63) is 36.0 Å². The molecule has 1 amide bonds. The lowest BCUT2D eigenvalue weighted by atomic mass is 9.94. The summed E-state index contributed by atoms with van der Waals surface area (Å²) in [5.41, 5.74) is 0.743. The van der Waals surface area contributed by atoms with Gasteiger partial charge in [-0.25, -0.2) is 0 Å². The Balaban J connectivity index is 2.01. The van der Waals surface area contributed by atoms with E-state index in [1.807, 2.05) is 24.4 Å². The first-order valence-electron chi connectivity index (χ1n) is 6.95. The number of hydrogen-bond donors (Lipinski definition) is 3. The fourth-order valence-corrected chi connectivity index (χ4v) is 2.52. The van der Waals surface area contributed by atoms with E-state index in [-0.39, 0.29) is 12.5 Å². The van der Waals surface area contributed by atoms with Crippen LogP contribution in [0.4, 0.5) is 0 Å². The Hall–Kier alpha value is -1.81. The zero-order chi connectivity index (χ0) is 14.8. The van der Waals surface area contributed by atoms with E-state index in [9.17, 15) is 9.90 Å². The number of nitrogens with one attached hydrogen (secondary N) is 2. The molecular formula is C16H22N2O2. The monoisotopic (exact) mass is 274 g/mol. The molecule has 1 atom stereocenters. The summed E-state index contributed by atoms with van der Waals surface area (Å²) in [7, 11) is 0. The highest BCUT2D eigenvalue weighted by Gasteiger charge is 2.22. The number of amides is 1. The Morgan fingerprint density at radius 2 is 2.15 bits per heavy atom. The van der Waals surface area contributed by atoms with Crippen LogP contribution in [0.1, 0.15) is 37.6 Å². The van der Waals surface area contributed by atoms with Crippen LogP contribution in [0.2, 0.25) is 0 Å². The van der Waals surface area contributed by atoms with Crippen LogP contribution in [0.25, 0.3) is 10.9 Å². The molecule has 1 heterocycles. The number of aromatic nitrogens is 1. The highest BCUT2D eigenvalue weighted by molar-refractivity contribution is 5.98. The van der Waals surface area contributed by atoms with E-state index in [2.05, 4.69) is 24.1 Å². The lowest BCUT2D eigenvalue weighted by molar-refractivity contribution is 0.0368. The van der Waals surface area contributed by atoms with Crippen LogP contribution in [0, 0.1) is 5.92 Å². The molecule has 4 heteroatoms. The number of aliphatic hydroxyl groups is 1. The predicted molar refractivity (Wildman–Crippen MR) is 80.7 cm³/mol. The van der Waals surface area contributed by atoms with E-state index in [1.54, 1.807) is 13.0 Å². The van der Waals surface area contributed by atoms with Gasteiger partial charge in [-0.1, -0.05) is 13.8 Å². The summed E-state index contributed by atoms with van der Waals surface area (Å²) in [5.74, 6) is 0.232. The maximum Gasteiger partial charge on any atom is 0.251 e. The lowest BCUT2D eigenvalue weighted by Crippen LogP contribution is -2.41. The molecule has 2 rings (SSSR count). The minimum absolute atomic E-state index is 0.155. The van der Waals surface area contributed by atoms with E-state index < -0.39 is 5.60 Å². The molecule has 0 saturated carbocycles. The van der Waals surface area contributed by atoms with Crippen LogP contribution < -0.4 is 5.32 Å². The van der Waals surface area contributed by atoms with E-state index in [1.165, 1.54) is 0 Å². The molecule has 0 spiro atoms. The van der Waals surface area contributed by atoms with Crippen molar-refractivity contribution < 1.29 is 9.90 Å². The van der Waals surface area contributed by atoms with Crippen LogP contribution in [-0.2, 0) is 0 Å². The molecule has 3 N–H and O–H groups in total. The van der Waals surface area contributed by atoms with Crippen LogP contribution in [0.5, 0.6) is 0 Å². The second-order valence-electron chi connectivity index (χ2n) is 6.06. The molecule has 1 unspecified atom stereocenters. The standard InChI is InChI=1S/C16H22N2O2/c1-11(2)9-16(3,20)10-18-15(19)13-4-5-14-12(8-13)6-7-17-14/h4-8,11,17,20H,9-10H2,1-3H3,(H,18,19). The van der Waals surface area contributed by atoms with Crippen molar-refractivity contribution in [1.29, 1.82) is 0 Å². The van der Waals surface area contributed by atoms with Crippen molar-refractivity contribution >= 4 is 16.8 Å². The fourth-order valence-electron chi connectivity index (χ4n) is 2.52. The number of H-pyrrole nitrogens is 1. The van der Waals surface area contributed by atoms with Crippen LogP contribution in [-0.4, -0.2) is 28.1 Å². The summed E-state index contributed by atoms with van der Waals surface area (Å²) < 4.78 is 0. The van der Waals surface area contributed by atoms with E-state index in [4.69, 9.17) is 0 Å². The van der Waals surface area contributed by atoms with Crippen molar-refractivity contribution in [1.82, 2.24) is 10.3 Å². The number of hydrogen-bond acceptors (Lipinski definition) is 2. The van der Waals surface area contributed by atoms with Gasteiger partial charge in [0, 0.05) is 29.2 Å². The van der Waals surface area contributed by atoms with Gasteiger partial charge in [0.2, 0.25) is 0 Å². The zero-order valence-electron chi connectivity index (χ0n) is 12.2. The summed E-state index contributed by atoms with van der Waals surface area (Å²) in [4.78, 5) is 15.2. The van der Waals surface area contributed by atoms with Crippen LogP contribution in [0.15, 0.2) is 30.5 Å². The molecule has 0 saturated heterocycles. The second kappa shape index (κ2) is 5.67. The topological polar surface area (TPSA) is 65.1 Å². The number of aromatic amines is 1. The summed E-state index contributed by atoms with van der Waals surface area (Å²) in [6.07, 6.45) is 2.50. The van der Waals surface area contributed by atoms with Gasteiger partial charge >= 0.3 is 0 Å². The molecular weight excluding hydrogens is 252 g/mol. The first-order valence-corrected chi connectivity index (χ1v) is 6.95. The van der Waals surface area contributed by atoms with Gasteiger partial charge in [0.15, 0.2) is 0 Å². The quantitative estimate of drug-likeness (QED) is 0.785. The Kier molecular flexibility index (Phi) is 4.14. The molecule has 0 bridgehead atoms. The molecule has 0 aliphatic rings. The van der Waals surface area contributed by atoms with Gasteiger partial charge in [0.1, 0.15) is 0 Å². The Morgan fingerprint density at radius 1 is 1.40 bits per heavy atom.